The van der Waals surface area contributed by atoms with Crippen LogP contribution in [0.5, 0.6) is 0 Å². The van der Waals surface area contributed by atoms with Gasteiger partial charge in [-0.15, -0.1) is 11.3 Å². The van der Waals surface area contributed by atoms with Crippen LogP contribution in [0.1, 0.15) is 52.2 Å². The van der Waals surface area contributed by atoms with Crippen LogP contribution in [0.2, 0.25) is 0 Å². The zero-order valence-corrected chi connectivity index (χ0v) is 15.9. The van der Waals surface area contributed by atoms with Crippen LogP contribution in [-0.2, 0) is 4.74 Å². The molecule has 4 rings (SSSR count). The minimum Gasteiger partial charge on any atom is -0.461 e. The Hall–Kier alpha value is -2.65. The SMILES string of the molecule is CCOC(=O)c1csc([C@H]2CCN[C@@H]2c2cc(C)nc(-n3ccnc3)n2)n1. The molecule has 0 aliphatic carbocycles. The number of carbonyl (C=O) groups is 1. The van der Waals surface area contributed by atoms with Crippen LogP contribution in [0.15, 0.2) is 30.2 Å². The standard InChI is InChI=1S/C18H20N6O2S/c1-3-26-17(25)14-9-27-16(22-14)12-4-5-20-15(12)13-8-11(2)21-18(23-13)24-7-6-19-10-24/h6-10,12,15,20H,3-5H2,1-2H3/t12-,15-/m0/s1. The number of thiazole rings is 1. The zero-order valence-electron chi connectivity index (χ0n) is 15.1. The molecule has 8 nitrogen and oxygen atoms in total. The van der Waals surface area contributed by atoms with Crippen molar-refractivity contribution in [2.75, 3.05) is 13.2 Å². The fourth-order valence-corrected chi connectivity index (χ4v) is 4.23. The predicted octanol–water partition coefficient (Wildman–Crippen LogP) is 2.42. The number of carbonyl (C=O) groups excluding carboxylic acids is 1. The van der Waals surface area contributed by atoms with Gasteiger partial charge in [-0.05, 0) is 32.9 Å². The number of hydrogen-bond acceptors (Lipinski definition) is 8. The first kappa shape index (κ1) is 17.7. The Kier molecular flexibility index (Phi) is 4.95. The molecule has 0 bridgehead atoms. The molecule has 0 spiro atoms. The molecule has 27 heavy (non-hydrogen) atoms. The first-order valence-electron chi connectivity index (χ1n) is 8.85. The molecule has 0 radical (unpaired) electrons. The van der Waals surface area contributed by atoms with Crippen molar-refractivity contribution >= 4 is 17.3 Å². The van der Waals surface area contributed by atoms with Crippen LogP contribution in [-0.4, -0.2) is 43.6 Å². The highest BCUT2D eigenvalue weighted by atomic mass is 32.1. The summed E-state index contributed by atoms with van der Waals surface area (Å²) >= 11 is 1.50. The van der Waals surface area contributed by atoms with Gasteiger partial charge in [-0.25, -0.2) is 24.7 Å². The minimum atomic E-state index is -0.372. The minimum absolute atomic E-state index is 0.0233. The number of aryl methyl sites for hydroxylation is 1. The number of esters is 1. The third-order valence-electron chi connectivity index (χ3n) is 4.46. The summed E-state index contributed by atoms with van der Waals surface area (Å²) in [5, 5.41) is 6.21. The first-order valence-corrected chi connectivity index (χ1v) is 9.73. The van der Waals surface area contributed by atoms with E-state index in [1.165, 1.54) is 11.3 Å². The highest BCUT2D eigenvalue weighted by Crippen LogP contribution is 2.38. The molecule has 3 aromatic heterocycles. The van der Waals surface area contributed by atoms with Gasteiger partial charge in [-0.2, -0.15) is 0 Å². The molecular formula is C18H20N6O2S. The number of hydrogen-bond donors (Lipinski definition) is 1. The molecule has 0 aromatic carbocycles. The van der Waals surface area contributed by atoms with Crippen LogP contribution in [0.3, 0.4) is 0 Å². The van der Waals surface area contributed by atoms with Crippen LogP contribution in [0, 0.1) is 6.92 Å². The highest BCUT2D eigenvalue weighted by molar-refractivity contribution is 7.09. The molecule has 1 saturated heterocycles. The second kappa shape index (κ2) is 7.53. The smallest absolute Gasteiger partial charge is 0.357 e. The third-order valence-corrected chi connectivity index (χ3v) is 5.44. The van der Waals surface area contributed by atoms with E-state index in [-0.39, 0.29) is 17.9 Å². The summed E-state index contributed by atoms with van der Waals surface area (Å²) in [5.74, 6) is 0.382. The summed E-state index contributed by atoms with van der Waals surface area (Å²) < 4.78 is 6.84. The highest BCUT2D eigenvalue weighted by Gasteiger charge is 2.33. The lowest BCUT2D eigenvalue weighted by atomic mass is 9.98. The van der Waals surface area contributed by atoms with E-state index in [2.05, 4.69) is 20.3 Å². The van der Waals surface area contributed by atoms with E-state index in [1.807, 2.05) is 19.2 Å². The second-order valence-electron chi connectivity index (χ2n) is 6.32. The van der Waals surface area contributed by atoms with Gasteiger partial charge in [0.1, 0.15) is 6.33 Å². The Labute approximate surface area is 160 Å². The maximum Gasteiger partial charge on any atom is 0.357 e. The number of imidazole rings is 1. The molecule has 1 aliphatic heterocycles. The molecule has 0 saturated carbocycles. The summed E-state index contributed by atoms with van der Waals surface area (Å²) in [7, 11) is 0. The van der Waals surface area contributed by atoms with Crippen molar-refractivity contribution in [2.45, 2.75) is 32.2 Å². The monoisotopic (exact) mass is 384 g/mol. The average molecular weight is 384 g/mol. The van der Waals surface area contributed by atoms with Crippen LogP contribution >= 0.6 is 11.3 Å². The van der Waals surface area contributed by atoms with Gasteiger partial charge in [0.15, 0.2) is 5.69 Å². The van der Waals surface area contributed by atoms with Crippen molar-refractivity contribution < 1.29 is 9.53 Å². The van der Waals surface area contributed by atoms with Gasteiger partial charge >= 0.3 is 5.97 Å². The maximum atomic E-state index is 11.9. The molecule has 0 amide bonds. The lowest BCUT2D eigenvalue weighted by molar-refractivity contribution is 0.0520. The Bertz CT molecular complexity index is 939. The van der Waals surface area contributed by atoms with Gasteiger partial charge in [0.05, 0.1) is 23.4 Å². The zero-order chi connectivity index (χ0) is 18.8. The fraction of sp³-hybridized carbons (Fsp3) is 0.389. The lowest BCUT2D eigenvalue weighted by Crippen LogP contribution is -2.20. The molecule has 1 fully saturated rings. The molecule has 4 heterocycles. The quantitative estimate of drug-likeness (QED) is 0.675. The summed E-state index contributed by atoms with van der Waals surface area (Å²) in [6, 6.07) is 2.02. The molecule has 3 aromatic rings. The number of nitrogens with zero attached hydrogens (tertiary/aromatic N) is 5. The normalized spacial score (nSPS) is 19.3. The third kappa shape index (κ3) is 3.60. The average Bonchev–Trinajstić information content (AvgIpc) is 3.41. The van der Waals surface area contributed by atoms with E-state index in [0.717, 1.165) is 29.4 Å². The number of aromatic nitrogens is 5. The first-order chi connectivity index (χ1) is 13.2. The molecule has 0 unspecified atom stereocenters. The Morgan fingerprint density at radius 2 is 2.30 bits per heavy atom. The maximum absolute atomic E-state index is 11.9. The Morgan fingerprint density at radius 3 is 3.07 bits per heavy atom. The second-order valence-corrected chi connectivity index (χ2v) is 7.21. The van der Waals surface area contributed by atoms with Crippen molar-refractivity contribution in [1.29, 1.82) is 0 Å². The Balaban J connectivity index is 1.63. The van der Waals surface area contributed by atoms with Gasteiger partial charge in [-0.3, -0.25) is 4.57 Å². The van der Waals surface area contributed by atoms with Crippen LogP contribution < -0.4 is 5.32 Å². The van der Waals surface area contributed by atoms with E-state index in [1.54, 1.807) is 29.4 Å². The van der Waals surface area contributed by atoms with Gasteiger partial charge in [0.25, 0.3) is 0 Å². The Morgan fingerprint density at radius 1 is 1.41 bits per heavy atom. The van der Waals surface area contributed by atoms with E-state index in [4.69, 9.17) is 9.72 Å². The fourth-order valence-electron chi connectivity index (χ4n) is 3.27. The lowest BCUT2D eigenvalue weighted by Gasteiger charge is -2.18. The van der Waals surface area contributed by atoms with Crippen molar-refractivity contribution in [2.24, 2.45) is 0 Å². The molecule has 1 aliphatic rings. The summed E-state index contributed by atoms with van der Waals surface area (Å²) in [4.78, 5) is 29.8. The van der Waals surface area contributed by atoms with Crippen molar-refractivity contribution in [3.05, 3.63) is 52.3 Å². The molecular weight excluding hydrogens is 364 g/mol. The predicted molar refractivity (Wildman–Crippen MR) is 100 cm³/mol. The van der Waals surface area contributed by atoms with E-state index < -0.39 is 0 Å². The van der Waals surface area contributed by atoms with Gasteiger partial charge in [0, 0.05) is 29.4 Å². The summed E-state index contributed by atoms with van der Waals surface area (Å²) in [6.45, 7) is 4.96. The summed E-state index contributed by atoms with van der Waals surface area (Å²) in [6.07, 6.45) is 6.15. The molecule has 1 N–H and O–H groups in total. The van der Waals surface area contributed by atoms with E-state index in [0.29, 0.717) is 18.2 Å². The van der Waals surface area contributed by atoms with Gasteiger partial charge in [-0.1, -0.05) is 0 Å². The number of rotatable bonds is 5. The molecule has 9 heteroatoms. The molecule has 2 atom stereocenters. The number of ether oxygens (including phenoxy) is 1. The van der Waals surface area contributed by atoms with Gasteiger partial charge in [0.2, 0.25) is 5.95 Å². The van der Waals surface area contributed by atoms with E-state index in [9.17, 15) is 4.79 Å². The molecule has 140 valence electrons. The largest absolute Gasteiger partial charge is 0.461 e. The van der Waals surface area contributed by atoms with Crippen molar-refractivity contribution in [3.8, 4) is 5.95 Å². The van der Waals surface area contributed by atoms with E-state index >= 15 is 0 Å². The van der Waals surface area contributed by atoms with Crippen molar-refractivity contribution in [1.82, 2.24) is 29.8 Å². The van der Waals surface area contributed by atoms with Gasteiger partial charge < -0.3 is 10.1 Å². The summed E-state index contributed by atoms with van der Waals surface area (Å²) in [5.41, 5.74) is 2.18. The topological polar surface area (TPSA) is 94.8 Å². The van der Waals surface area contributed by atoms with Crippen LogP contribution in [0.25, 0.3) is 5.95 Å². The van der Waals surface area contributed by atoms with Crippen molar-refractivity contribution in [3.63, 3.8) is 0 Å². The van der Waals surface area contributed by atoms with Crippen LogP contribution in [0.4, 0.5) is 0 Å². The number of nitrogens with one attached hydrogen (secondary N) is 1.